The van der Waals surface area contributed by atoms with Crippen molar-refractivity contribution in [3.63, 3.8) is 0 Å². The summed E-state index contributed by atoms with van der Waals surface area (Å²) in [5.41, 5.74) is 10.4. The molecule has 0 spiro atoms. The van der Waals surface area contributed by atoms with Crippen LogP contribution in [0.5, 0.6) is 0 Å². The number of nitrogens with one attached hydrogen (secondary N) is 2. The summed E-state index contributed by atoms with van der Waals surface area (Å²) in [4.78, 5) is 44.7. The van der Waals surface area contributed by atoms with Crippen molar-refractivity contribution >= 4 is 23.5 Å². The Morgan fingerprint density at radius 1 is 1.13 bits per heavy atom. The van der Waals surface area contributed by atoms with Crippen LogP contribution in [0.15, 0.2) is 47.5 Å². The Kier molecular flexibility index (Phi) is 9.54. The van der Waals surface area contributed by atoms with E-state index in [1.54, 1.807) is 30.9 Å². The maximum absolute atomic E-state index is 13.9. The van der Waals surface area contributed by atoms with Crippen LogP contribution < -0.4 is 21.9 Å². The number of amides is 1. The summed E-state index contributed by atoms with van der Waals surface area (Å²) in [6.45, 7) is 4.11. The number of hydrogen-bond acceptors (Lipinski definition) is 8. The molecule has 4 aromatic rings. The van der Waals surface area contributed by atoms with E-state index in [4.69, 9.17) is 15.6 Å². The molecule has 1 aliphatic rings. The zero-order valence-corrected chi connectivity index (χ0v) is 24.4. The summed E-state index contributed by atoms with van der Waals surface area (Å²) >= 11 is 0. The number of halogens is 4. The lowest BCUT2D eigenvalue weighted by molar-refractivity contribution is -0.192. The number of carbonyl (C=O) groups excluding carboxylic acids is 1. The van der Waals surface area contributed by atoms with Crippen molar-refractivity contribution in [3.05, 3.63) is 87.0 Å². The number of alkyl halides is 3. The predicted octanol–water partition coefficient (Wildman–Crippen LogP) is 3.43. The lowest BCUT2D eigenvalue weighted by Gasteiger charge is -2.18. The number of hydrogen-bond donors (Lipinski definition) is 4. The van der Waals surface area contributed by atoms with Crippen molar-refractivity contribution in [2.45, 2.75) is 52.0 Å². The fourth-order valence-corrected chi connectivity index (χ4v) is 4.88. The van der Waals surface area contributed by atoms with Crippen molar-refractivity contribution in [1.29, 1.82) is 0 Å². The number of carboxylic acids is 1. The number of pyridine rings is 1. The third-order valence-electron chi connectivity index (χ3n) is 6.93. The number of nitrogens with two attached hydrogens (primary N) is 1. The van der Waals surface area contributed by atoms with E-state index < -0.39 is 23.7 Å². The van der Waals surface area contributed by atoms with Crippen LogP contribution in [0.4, 0.5) is 29.2 Å². The third kappa shape index (κ3) is 7.82. The lowest BCUT2D eigenvalue weighted by atomic mass is 10.1. The number of fused-ring (bicyclic) bond motifs is 1. The number of carbonyl (C=O) groups is 2. The maximum atomic E-state index is 13.9. The smallest absolute Gasteiger partial charge is 0.475 e. The van der Waals surface area contributed by atoms with Crippen LogP contribution in [-0.2, 0) is 36.1 Å². The number of aromatic nitrogens is 5. The van der Waals surface area contributed by atoms with Gasteiger partial charge in [-0.1, -0.05) is 12.1 Å². The molecule has 1 aromatic carbocycles. The molecule has 16 heteroatoms. The summed E-state index contributed by atoms with van der Waals surface area (Å²) in [5, 5.41) is 17.4. The number of nitrogens with zero attached hydrogens (tertiary/aromatic N) is 5. The van der Waals surface area contributed by atoms with Gasteiger partial charge in [-0.05, 0) is 61.6 Å². The number of benzene rings is 1. The number of anilines is 2. The first-order valence-corrected chi connectivity index (χ1v) is 13.6. The summed E-state index contributed by atoms with van der Waals surface area (Å²) < 4.78 is 48.8. The van der Waals surface area contributed by atoms with Gasteiger partial charge in [0.05, 0.1) is 11.9 Å². The topological polar surface area (TPSA) is 170 Å². The second kappa shape index (κ2) is 13.2. The summed E-state index contributed by atoms with van der Waals surface area (Å²) in [7, 11) is 1.80. The second-order valence-corrected chi connectivity index (χ2v) is 10.4. The van der Waals surface area contributed by atoms with Gasteiger partial charge in [-0.15, -0.1) is 0 Å². The number of rotatable bonds is 7. The van der Waals surface area contributed by atoms with Crippen LogP contribution in [-0.4, -0.2) is 47.5 Å². The van der Waals surface area contributed by atoms with E-state index in [2.05, 4.69) is 25.7 Å². The normalized spacial score (nSPS) is 13.9. The van der Waals surface area contributed by atoms with Gasteiger partial charge in [0.1, 0.15) is 17.7 Å². The highest BCUT2D eigenvalue weighted by Crippen LogP contribution is 2.32. The molecule has 5 N–H and O–H groups in total. The minimum absolute atomic E-state index is 0.0906. The zero-order valence-electron chi connectivity index (χ0n) is 24.4. The van der Waals surface area contributed by atoms with Gasteiger partial charge in [0.2, 0.25) is 5.91 Å². The predicted molar refractivity (Wildman–Crippen MR) is 155 cm³/mol. The van der Waals surface area contributed by atoms with Gasteiger partial charge in [-0.3, -0.25) is 18.8 Å². The fraction of sp³-hybridized carbons (Fsp3) is 0.310. The Balaban J connectivity index is 0.000000591. The lowest BCUT2D eigenvalue weighted by Crippen LogP contribution is -2.36. The molecule has 0 radical (unpaired) electrons. The van der Waals surface area contributed by atoms with Crippen molar-refractivity contribution in [2.75, 3.05) is 11.1 Å². The second-order valence-electron chi connectivity index (χ2n) is 10.4. The first-order chi connectivity index (χ1) is 21.1. The summed E-state index contributed by atoms with van der Waals surface area (Å²) in [6.07, 6.45) is -0.618. The van der Waals surface area contributed by atoms with Gasteiger partial charge in [0, 0.05) is 43.3 Å². The van der Waals surface area contributed by atoms with E-state index in [0.29, 0.717) is 35.6 Å². The van der Waals surface area contributed by atoms with E-state index >= 15 is 0 Å². The largest absolute Gasteiger partial charge is 0.490 e. The molecule has 12 nitrogen and oxygen atoms in total. The molecule has 0 fully saturated rings. The van der Waals surface area contributed by atoms with Gasteiger partial charge in [-0.2, -0.15) is 18.3 Å². The third-order valence-corrected chi connectivity index (χ3v) is 6.93. The van der Waals surface area contributed by atoms with Crippen molar-refractivity contribution < 1.29 is 32.3 Å². The average molecular weight is 631 g/mol. The van der Waals surface area contributed by atoms with E-state index in [9.17, 15) is 27.2 Å². The van der Waals surface area contributed by atoms with E-state index in [-0.39, 0.29) is 30.6 Å². The van der Waals surface area contributed by atoms with Crippen LogP contribution in [0.2, 0.25) is 0 Å². The molecular formula is C29H30F4N8O4. The van der Waals surface area contributed by atoms with Gasteiger partial charge in [0.25, 0.3) is 5.56 Å². The Labute approximate surface area is 253 Å². The number of nitrogen functional groups attached to an aromatic ring is 1. The molecule has 1 amide bonds. The molecule has 238 valence electrons. The van der Waals surface area contributed by atoms with E-state index in [1.807, 2.05) is 25.3 Å². The van der Waals surface area contributed by atoms with Crippen LogP contribution in [0.1, 0.15) is 40.5 Å². The highest BCUT2D eigenvalue weighted by Gasteiger charge is 2.38. The minimum Gasteiger partial charge on any atom is -0.475 e. The summed E-state index contributed by atoms with van der Waals surface area (Å²) in [6, 6.07) is 7.51. The highest BCUT2D eigenvalue weighted by atomic mass is 19.4. The molecule has 5 rings (SSSR count). The molecule has 3 aromatic heterocycles. The van der Waals surface area contributed by atoms with Crippen LogP contribution in [0, 0.1) is 19.7 Å². The molecule has 1 aliphatic heterocycles. The van der Waals surface area contributed by atoms with Crippen molar-refractivity contribution in [1.82, 2.24) is 29.6 Å². The highest BCUT2D eigenvalue weighted by molar-refractivity contribution is 5.81. The molecule has 0 bridgehead atoms. The fourth-order valence-electron chi connectivity index (χ4n) is 4.88. The Morgan fingerprint density at radius 3 is 2.44 bits per heavy atom. The van der Waals surface area contributed by atoms with Gasteiger partial charge >= 0.3 is 12.1 Å². The Hall–Kier alpha value is -5.28. The molecule has 0 unspecified atom stereocenters. The first-order valence-electron chi connectivity index (χ1n) is 13.6. The van der Waals surface area contributed by atoms with E-state index in [1.165, 1.54) is 16.7 Å². The summed E-state index contributed by atoms with van der Waals surface area (Å²) in [5.74, 6) is -2.87. The molecule has 4 heterocycles. The SMILES string of the molecule is Cc1cc(F)cc(CNc2nc(-c3cnn(C)c3)c3n(c2=O)[C@H](C(=O)NCc2ccc(N)nc2C)CC3)c1.O=C(O)C(F)(F)F. The molecule has 0 saturated heterocycles. The average Bonchev–Trinajstić information content (AvgIpc) is 3.59. The molecule has 0 aliphatic carbocycles. The molecular weight excluding hydrogens is 600 g/mol. The number of aryl methyl sites for hydroxylation is 3. The number of aliphatic carboxylic acids is 1. The number of carboxylic acid groups (broad SMARTS) is 1. The minimum atomic E-state index is -5.08. The zero-order chi connectivity index (χ0) is 33.1. The standard InChI is InChI=1S/C27H29FN8O2.C2HF3O2/c1-15-8-17(10-20(28)9-15)11-30-25-27(38)36-21(24(34-25)19-13-32-35(3)14-19)5-6-22(36)26(37)31-12-18-4-7-23(29)33-16(18)2;3-2(4,5)1(6)7/h4,7-10,13-14,22H,5-6,11-12H2,1-3H3,(H2,29,33)(H,30,34)(H,31,37);(H,6,7)/t22-;/m0./s1. The molecule has 0 saturated carbocycles. The maximum Gasteiger partial charge on any atom is 0.490 e. The van der Waals surface area contributed by atoms with Gasteiger partial charge < -0.3 is 21.5 Å². The van der Waals surface area contributed by atoms with Crippen LogP contribution >= 0.6 is 0 Å². The molecule has 45 heavy (non-hydrogen) atoms. The van der Waals surface area contributed by atoms with Crippen molar-refractivity contribution in [3.8, 4) is 11.3 Å². The van der Waals surface area contributed by atoms with Gasteiger partial charge in [-0.25, -0.2) is 19.2 Å². The molecule has 1 atom stereocenters. The quantitative estimate of drug-likeness (QED) is 0.224. The van der Waals surface area contributed by atoms with Crippen LogP contribution in [0.25, 0.3) is 11.3 Å². The monoisotopic (exact) mass is 630 g/mol. The Bertz CT molecular complexity index is 1780. The van der Waals surface area contributed by atoms with E-state index in [0.717, 1.165) is 22.4 Å². The van der Waals surface area contributed by atoms with Crippen molar-refractivity contribution in [2.24, 2.45) is 7.05 Å². The van der Waals surface area contributed by atoms with Gasteiger partial charge in [0.15, 0.2) is 5.82 Å². The first kappa shape index (κ1) is 32.6. The van der Waals surface area contributed by atoms with Crippen LogP contribution in [0.3, 0.4) is 0 Å². The Morgan fingerprint density at radius 2 is 1.84 bits per heavy atom.